The van der Waals surface area contributed by atoms with E-state index in [1.165, 1.54) is 22.7 Å². The van der Waals surface area contributed by atoms with Crippen LogP contribution in [0.2, 0.25) is 0 Å². The minimum Gasteiger partial charge on any atom is -0.507 e. The minimum atomic E-state index is -0.925. The number of anilines is 1. The van der Waals surface area contributed by atoms with E-state index in [-0.39, 0.29) is 22.3 Å². The Morgan fingerprint density at radius 2 is 1.70 bits per heavy atom. The lowest BCUT2D eigenvalue weighted by Crippen LogP contribution is -2.29. The van der Waals surface area contributed by atoms with Crippen LogP contribution < -0.4 is 9.64 Å². The lowest BCUT2D eigenvalue weighted by molar-refractivity contribution is -0.132. The van der Waals surface area contributed by atoms with Crippen LogP contribution in [0.25, 0.3) is 5.76 Å². The van der Waals surface area contributed by atoms with Crippen molar-refractivity contribution in [3.8, 4) is 5.75 Å². The van der Waals surface area contributed by atoms with E-state index in [1.807, 2.05) is 37.3 Å². The van der Waals surface area contributed by atoms with E-state index in [0.717, 1.165) is 22.5 Å². The normalized spacial score (nSPS) is 16.0. The predicted octanol–water partition coefficient (Wildman–Crippen LogP) is 7.48. The number of carbonyl (C=O) groups is 2. The molecule has 1 aromatic heterocycles. The average molecular weight is 624 g/mol. The maximum absolute atomic E-state index is 14.1. The number of halogens is 1. The second-order valence-corrected chi connectivity index (χ2v) is 12.3. The number of amides is 1. The first-order valence-corrected chi connectivity index (χ1v) is 15.5. The molecule has 4 aromatic carbocycles. The molecule has 1 aliphatic heterocycles. The van der Waals surface area contributed by atoms with Gasteiger partial charge in [-0.2, -0.15) is 0 Å². The molecule has 10 heteroatoms. The Kier molecular flexibility index (Phi) is 8.53. The Bertz CT molecular complexity index is 1860. The average Bonchev–Trinajstić information content (AvgIpc) is 3.61. The number of aliphatic hydroxyl groups excluding tert-OH is 1. The molecule has 44 heavy (non-hydrogen) atoms. The van der Waals surface area contributed by atoms with Gasteiger partial charge in [0.05, 0.1) is 11.6 Å². The molecule has 0 aliphatic carbocycles. The predicted molar refractivity (Wildman–Crippen MR) is 169 cm³/mol. The highest BCUT2D eigenvalue weighted by Crippen LogP contribution is 2.44. The zero-order valence-corrected chi connectivity index (χ0v) is 25.1. The van der Waals surface area contributed by atoms with Gasteiger partial charge in [-0.3, -0.25) is 14.5 Å². The monoisotopic (exact) mass is 623 g/mol. The second kappa shape index (κ2) is 12.8. The molecule has 1 unspecified atom stereocenters. The van der Waals surface area contributed by atoms with Crippen molar-refractivity contribution in [3.05, 3.63) is 142 Å². The fraction of sp³-hybridized carbons (Fsp3) is 0.118. The van der Waals surface area contributed by atoms with Gasteiger partial charge in [-0.15, -0.1) is 10.2 Å². The Labute approximate surface area is 261 Å². The first-order valence-electron chi connectivity index (χ1n) is 13.7. The van der Waals surface area contributed by atoms with E-state index >= 15 is 0 Å². The SMILES string of the molecule is Cc1cccc(COc2ccc(/C(O)=C3/C(=O)C(=O)N(c4nnc(SCc5ccccc5F)s4)C3c3ccccc3)cc2)c1. The molecule has 1 aliphatic rings. The van der Waals surface area contributed by atoms with Crippen LogP contribution in [-0.2, 0) is 21.9 Å². The zero-order chi connectivity index (χ0) is 30.6. The summed E-state index contributed by atoms with van der Waals surface area (Å²) >= 11 is 2.41. The molecule has 1 saturated heterocycles. The standard InChI is InChI=1S/C34H26FN3O4S2/c1-21-8-7-9-22(18-21)19-42-26-16-14-24(15-17-26)30(39)28-29(23-10-3-2-4-11-23)38(32(41)31(28)40)33-36-37-34(44-33)43-20-25-12-5-6-13-27(25)35/h2-18,29,39H,19-20H2,1H3/b30-28-. The number of Topliss-reactive ketones (excluding diaryl/α,β-unsaturated/α-hetero) is 1. The smallest absolute Gasteiger partial charge is 0.301 e. The summed E-state index contributed by atoms with van der Waals surface area (Å²) in [5, 5.41) is 20.0. The molecule has 1 fully saturated rings. The maximum Gasteiger partial charge on any atom is 0.301 e. The fourth-order valence-electron chi connectivity index (χ4n) is 4.93. The number of carbonyl (C=O) groups excluding carboxylic acids is 2. The molecular weight excluding hydrogens is 598 g/mol. The summed E-state index contributed by atoms with van der Waals surface area (Å²) in [5.74, 6) is -1.34. The molecule has 1 N–H and O–H groups in total. The Morgan fingerprint density at radius 1 is 0.955 bits per heavy atom. The van der Waals surface area contributed by atoms with Gasteiger partial charge >= 0.3 is 5.91 Å². The number of hydrogen-bond donors (Lipinski definition) is 1. The van der Waals surface area contributed by atoms with E-state index in [9.17, 15) is 19.1 Å². The van der Waals surface area contributed by atoms with Crippen molar-refractivity contribution in [2.75, 3.05) is 4.90 Å². The van der Waals surface area contributed by atoms with Crippen molar-refractivity contribution >= 4 is 45.7 Å². The largest absolute Gasteiger partial charge is 0.507 e. The van der Waals surface area contributed by atoms with Crippen LogP contribution in [0, 0.1) is 12.7 Å². The number of benzene rings is 4. The van der Waals surface area contributed by atoms with Crippen LogP contribution >= 0.6 is 23.1 Å². The van der Waals surface area contributed by atoms with Crippen LogP contribution in [-0.4, -0.2) is 27.0 Å². The maximum atomic E-state index is 14.1. The number of aromatic nitrogens is 2. The van der Waals surface area contributed by atoms with E-state index in [4.69, 9.17) is 4.74 Å². The van der Waals surface area contributed by atoms with Crippen molar-refractivity contribution in [1.29, 1.82) is 0 Å². The number of ketones is 1. The molecule has 0 saturated carbocycles. The molecule has 0 radical (unpaired) electrons. The van der Waals surface area contributed by atoms with Crippen molar-refractivity contribution < 1.29 is 23.8 Å². The number of ether oxygens (including phenoxy) is 1. The van der Waals surface area contributed by atoms with E-state index < -0.39 is 17.7 Å². The Balaban J connectivity index is 1.28. The highest BCUT2D eigenvalue weighted by atomic mass is 32.2. The summed E-state index contributed by atoms with van der Waals surface area (Å²) in [6, 6.07) is 29.3. The lowest BCUT2D eigenvalue weighted by Gasteiger charge is -2.22. The molecule has 0 spiro atoms. The topological polar surface area (TPSA) is 92.6 Å². The van der Waals surface area contributed by atoms with E-state index in [2.05, 4.69) is 10.2 Å². The number of aliphatic hydroxyl groups is 1. The molecule has 7 nitrogen and oxygen atoms in total. The molecule has 220 valence electrons. The van der Waals surface area contributed by atoms with Gasteiger partial charge in [0, 0.05) is 11.3 Å². The number of thioether (sulfide) groups is 1. The molecular formula is C34H26FN3O4S2. The van der Waals surface area contributed by atoms with Crippen LogP contribution in [0.4, 0.5) is 9.52 Å². The highest BCUT2D eigenvalue weighted by molar-refractivity contribution is 8.00. The number of aryl methyl sites for hydroxylation is 1. The number of rotatable bonds is 9. The Morgan fingerprint density at radius 3 is 2.45 bits per heavy atom. The van der Waals surface area contributed by atoms with Gasteiger partial charge in [-0.1, -0.05) is 101 Å². The third kappa shape index (κ3) is 6.13. The van der Waals surface area contributed by atoms with E-state index in [1.54, 1.807) is 66.7 Å². The van der Waals surface area contributed by atoms with Crippen molar-refractivity contribution in [2.24, 2.45) is 0 Å². The molecule has 0 bridgehead atoms. The van der Waals surface area contributed by atoms with Crippen LogP contribution in [0.3, 0.4) is 0 Å². The highest BCUT2D eigenvalue weighted by Gasteiger charge is 2.48. The Hall–Kier alpha value is -4.80. The van der Waals surface area contributed by atoms with Crippen LogP contribution in [0.5, 0.6) is 5.75 Å². The van der Waals surface area contributed by atoms with E-state index in [0.29, 0.717) is 39.1 Å². The van der Waals surface area contributed by atoms with Gasteiger partial charge in [0.25, 0.3) is 5.78 Å². The first kappa shape index (κ1) is 29.3. The lowest BCUT2D eigenvalue weighted by atomic mass is 9.95. The van der Waals surface area contributed by atoms with Crippen molar-refractivity contribution in [1.82, 2.24) is 10.2 Å². The van der Waals surface area contributed by atoms with Gasteiger partial charge in [-0.25, -0.2) is 4.39 Å². The summed E-state index contributed by atoms with van der Waals surface area (Å²) in [5.41, 5.74) is 3.63. The minimum absolute atomic E-state index is 0.0506. The first-order chi connectivity index (χ1) is 21.4. The third-order valence-corrected chi connectivity index (χ3v) is 9.19. The summed E-state index contributed by atoms with van der Waals surface area (Å²) in [6.45, 7) is 2.40. The summed E-state index contributed by atoms with van der Waals surface area (Å²) in [7, 11) is 0. The molecule has 1 amide bonds. The van der Waals surface area contributed by atoms with Gasteiger partial charge in [-0.05, 0) is 53.9 Å². The molecule has 1 atom stereocenters. The molecule has 2 heterocycles. The molecule has 6 rings (SSSR count). The van der Waals surface area contributed by atoms with Crippen molar-refractivity contribution in [3.63, 3.8) is 0 Å². The van der Waals surface area contributed by atoms with Crippen LogP contribution in [0.1, 0.15) is 33.9 Å². The summed E-state index contributed by atoms with van der Waals surface area (Å²) in [4.78, 5) is 28.2. The third-order valence-electron chi connectivity index (χ3n) is 7.09. The number of nitrogens with zero attached hydrogens (tertiary/aromatic N) is 3. The second-order valence-electron chi connectivity index (χ2n) is 10.1. The van der Waals surface area contributed by atoms with Gasteiger partial charge < -0.3 is 9.84 Å². The van der Waals surface area contributed by atoms with Crippen molar-refractivity contribution in [2.45, 2.75) is 29.7 Å². The van der Waals surface area contributed by atoms with Crippen LogP contribution in [0.15, 0.2) is 113 Å². The zero-order valence-electron chi connectivity index (χ0n) is 23.5. The summed E-state index contributed by atoms with van der Waals surface area (Å²) in [6.07, 6.45) is 0. The van der Waals surface area contributed by atoms with Gasteiger partial charge in [0.2, 0.25) is 5.13 Å². The quantitative estimate of drug-likeness (QED) is 0.0598. The number of hydrogen-bond acceptors (Lipinski definition) is 8. The van der Waals surface area contributed by atoms with Gasteiger partial charge in [0.1, 0.15) is 23.9 Å². The fourth-order valence-corrected chi connectivity index (χ4v) is 6.78. The van der Waals surface area contributed by atoms with Gasteiger partial charge in [0.15, 0.2) is 4.34 Å². The summed E-state index contributed by atoms with van der Waals surface area (Å²) < 4.78 is 20.5. The molecule has 5 aromatic rings.